The Balaban J connectivity index is 1.89. The van der Waals surface area contributed by atoms with Crippen molar-refractivity contribution in [3.8, 4) is 0 Å². The van der Waals surface area contributed by atoms with Crippen molar-refractivity contribution in [2.75, 3.05) is 25.1 Å². The minimum atomic E-state index is -0.0899. The van der Waals surface area contributed by atoms with E-state index in [2.05, 4.69) is 54.4 Å². The topological polar surface area (TPSA) is 56.1 Å². The van der Waals surface area contributed by atoms with Crippen molar-refractivity contribution in [1.82, 2.24) is 19.5 Å². The smallest absolute Gasteiger partial charge is 0.136 e. The third-order valence-corrected chi connectivity index (χ3v) is 4.91. The number of hydrogen-bond donors (Lipinski definition) is 0. The van der Waals surface area contributed by atoms with Crippen molar-refractivity contribution in [3.05, 3.63) is 35.8 Å². The van der Waals surface area contributed by atoms with Crippen LogP contribution >= 0.6 is 0 Å². The minimum absolute atomic E-state index is 0.0899. The van der Waals surface area contributed by atoms with Gasteiger partial charge in [-0.2, -0.15) is 0 Å². The number of rotatable bonds is 5. The fourth-order valence-electron chi connectivity index (χ4n) is 3.54. The molecule has 2 aromatic heterocycles. The Morgan fingerprint density at radius 3 is 2.77 bits per heavy atom. The van der Waals surface area contributed by atoms with Crippen LogP contribution in [0.3, 0.4) is 0 Å². The zero-order chi connectivity index (χ0) is 18.7. The molecule has 3 heterocycles. The predicted molar refractivity (Wildman–Crippen MR) is 104 cm³/mol. The molecule has 1 atom stereocenters. The van der Waals surface area contributed by atoms with Gasteiger partial charge in [-0.3, -0.25) is 0 Å². The van der Waals surface area contributed by atoms with Crippen molar-refractivity contribution in [2.45, 2.75) is 65.0 Å². The summed E-state index contributed by atoms with van der Waals surface area (Å²) in [6, 6.07) is 2.52. The van der Waals surface area contributed by atoms with Crippen LogP contribution in [0.15, 0.2) is 18.5 Å². The number of methoxy groups -OCH3 is 1. The van der Waals surface area contributed by atoms with E-state index in [1.54, 1.807) is 7.11 Å². The van der Waals surface area contributed by atoms with Gasteiger partial charge in [-0.15, -0.1) is 0 Å². The number of piperidine rings is 1. The maximum Gasteiger partial charge on any atom is 0.136 e. The quantitative estimate of drug-likeness (QED) is 0.819. The highest BCUT2D eigenvalue weighted by Gasteiger charge is 2.26. The van der Waals surface area contributed by atoms with Crippen LogP contribution in [-0.2, 0) is 23.2 Å². The molecule has 0 amide bonds. The van der Waals surface area contributed by atoms with Crippen LogP contribution in [0.5, 0.6) is 0 Å². The van der Waals surface area contributed by atoms with E-state index in [-0.39, 0.29) is 5.41 Å². The van der Waals surface area contributed by atoms with Crippen molar-refractivity contribution >= 4 is 5.82 Å². The van der Waals surface area contributed by atoms with Crippen LogP contribution < -0.4 is 4.90 Å². The summed E-state index contributed by atoms with van der Waals surface area (Å²) in [7, 11) is 1.71. The van der Waals surface area contributed by atoms with Crippen LogP contribution in [-0.4, -0.2) is 39.7 Å². The molecule has 0 bridgehead atoms. The van der Waals surface area contributed by atoms with E-state index in [0.717, 1.165) is 49.1 Å². The molecule has 0 radical (unpaired) electrons. The largest absolute Gasteiger partial charge is 0.378 e. The number of nitrogens with zero attached hydrogens (tertiary/aromatic N) is 5. The van der Waals surface area contributed by atoms with Gasteiger partial charge in [-0.25, -0.2) is 15.0 Å². The molecule has 26 heavy (non-hydrogen) atoms. The second-order valence-electron chi connectivity index (χ2n) is 8.07. The lowest BCUT2D eigenvalue weighted by molar-refractivity contribution is 0.181. The van der Waals surface area contributed by atoms with Crippen LogP contribution in [0.2, 0.25) is 0 Å². The summed E-state index contributed by atoms with van der Waals surface area (Å²) in [5, 5.41) is 0. The SMILES string of the molecule is CCc1nccn1C1CCCN(c2cc(COC)nc(C(C)(C)C)n2)C1. The minimum Gasteiger partial charge on any atom is -0.378 e. The first-order valence-corrected chi connectivity index (χ1v) is 9.56. The molecule has 6 nitrogen and oxygen atoms in total. The monoisotopic (exact) mass is 357 g/mol. The van der Waals surface area contributed by atoms with Crippen LogP contribution in [0.25, 0.3) is 0 Å². The highest BCUT2D eigenvalue weighted by molar-refractivity contribution is 5.41. The Bertz CT molecular complexity index is 734. The number of anilines is 1. The summed E-state index contributed by atoms with van der Waals surface area (Å²) >= 11 is 0. The fourth-order valence-corrected chi connectivity index (χ4v) is 3.54. The lowest BCUT2D eigenvalue weighted by Gasteiger charge is -2.35. The Morgan fingerprint density at radius 2 is 2.08 bits per heavy atom. The molecular weight excluding hydrogens is 326 g/mol. The number of hydrogen-bond acceptors (Lipinski definition) is 5. The van der Waals surface area contributed by atoms with E-state index < -0.39 is 0 Å². The molecule has 0 aliphatic carbocycles. The average molecular weight is 358 g/mol. The number of imidazole rings is 1. The molecular formula is C20H31N5O. The summed E-state index contributed by atoms with van der Waals surface area (Å²) in [5.74, 6) is 3.05. The number of aromatic nitrogens is 4. The maximum absolute atomic E-state index is 5.33. The van der Waals surface area contributed by atoms with Crippen LogP contribution in [0.1, 0.15) is 63.9 Å². The van der Waals surface area contributed by atoms with Crippen LogP contribution in [0, 0.1) is 0 Å². The van der Waals surface area contributed by atoms with Crippen molar-refractivity contribution in [2.24, 2.45) is 0 Å². The first-order valence-electron chi connectivity index (χ1n) is 9.56. The first kappa shape index (κ1) is 18.8. The summed E-state index contributed by atoms with van der Waals surface area (Å²) in [6.45, 7) is 11.1. The number of aryl methyl sites for hydroxylation is 1. The summed E-state index contributed by atoms with van der Waals surface area (Å²) in [4.78, 5) is 16.5. The van der Waals surface area contributed by atoms with Crippen molar-refractivity contribution in [3.63, 3.8) is 0 Å². The first-order chi connectivity index (χ1) is 12.4. The van der Waals surface area contributed by atoms with Gasteiger partial charge in [0.2, 0.25) is 0 Å². The van der Waals surface area contributed by atoms with E-state index >= 15 is 0 Å². The highest BCUT2D eigenvalue weighted by Crippen LogP contribution is 2.28. The molecule has 1 unspecified atom stereocenters. The van der Waals surface area contributed by atoms with Gasteiger partial charge in [0.15, 0.2) is 0 Å². The van der Waals surface area contributed by atoms with Gasteiger partial charge in [0.05, 0.1) is 18.3 Å². The van der Waals surface area contributed by atoms with Gasteiger partial charge < -0.3 is 14.2 Å². The molecule has 0 saturated carbocycles. The third kappa shape index (κ3) is 4.06. The van der Waals surface area contributed by atoms with Crippen molar-refractivity contribution < 1.29 is 4.74 Å². The Hall–Kier alpha value is -1.95. The van der Waals surface area contributed by atoms with Crippen molar-refractivity contribution in [1.29, 1.82) is 0 Å². The van der Waals surface area contributed by atoms with E-state index in [4.69, 9.17) is 14.7 Å². The fraction of sp³-hybridized carbons (Fsp3) is 0.650. The van der Waals surface area contributed by atoms with E-state index in [1.807, 2.05) is 6.20 Å². The Kier molecular flexibility index (Phi) is 5.61. The zero-order valence-electron chi connectivity index (χ0n) is 16.7. The molecule has 1 fully saturated rings. The third-order valence-electron chi connectivity index (χ3n) is 4.91. The molecule has 142 valence electrons. The summed E-state index contributed by atoms with van der Waals surface area (Å²) < 4.78 is 7.67. The van der Waals surface area contributed by atoms with Gasteiger partial charge in [0, 0.05) is 50.5 Å². The molecule has 0 N–H and O–H groups in total. The molecule has 1 aliphatic rings. The van der Waals surface area contributed by atoms with Crippen LogP contribution in [0.4, 0.5) is 5.82 Å². The van der Waals surface area contributed by atoms with Gasteiger partial charge >= 0.3 is 0 Å². The van der Waals surface area contributed by atoms with E-state index in [1.165, 1.54) is 6.42 Å². The Labute approximate surface area is 156 Å². The maximum atomic E-state index is 5.33. The Morgan fingerprint density at radius 1 is 1.27 bits per heavy atom. The van der Waals surface area contributed by atoms with Gasteiger partial charge in [0.1, 0.15) is 17.5 Å². The molecule has 3 rings (SSSR count). The molecule has 0 spiro atoms. The average Bonchev–Trinajstić information content (AvgIpc) is 3.10. The highest BCUT2D eigenvalue weighted by atomic mass is 16.5. The molecule has 6 heteroatoms. The molecule has 1 aliphatic heterocycles. The summed E-state index contributed by atoms with van der Waals surface area (Å²) in [6.07, 6.45) is 7.33. The molecule has 2 aromatic rings. The zero-order valence-corrected chi connectivity index (χ0v) is 16.7. The second kappa shape index (κ2) is 7.74. The second-order valence-corrected chi connectivity index (χ2v) is 8.07. The molecule has 0 aromatic carbocycles. The normalized spacial score (nSPS) is 18.3. The lowest BCUT2D eigenvalue weighted by Crippen LogP contribution is -2.38. The standard InChI is InChI=1S/C20H31N5O/c1-6-17-21-9-11-25(17)16-8-7-10-24(13-16)18-12-15(14-26-5)22-19(23-18)20(2,3)4/h9,11-12,16H,6-8,10,13-14H2,1-5H3. The lowest BCUT2D eigenvalue weighted by atomic mass is 9.95. The predicted octanol–water partition coefficient (Wildman–Crippen LogP) is 3.52. The number of ether oxygens (including phenoxy) is 1. The van der Waals surface area contributed by atoms with E-state index in [0.29, 0.717) is 12.6 Å². The summed E-state index contributed by atoms with van der Waals surface area (Å²) in [5.41, 5.74) is 0.856. The van der Waals surface area contributed by atoms with E-state index in [9.17, 15) is 0 Å². The van der Waals surface area contributed by atoms with Gasteiger partial charge in [0.25, 0.3) is 0 Å². The van der Waals surface area contributed by atoms with Gasteiger partial charge in [-0.1, -0.05) is 27.7 Å². The van der Waals surface area contributed by atoms with Gasteiger partial charge in [-0.05, 0) is 12.8 Å². The molecule has 1 saturated heterocycles.